The molecule has 0 spiro atoms. The summed E-state index contributed by atoms with van der Waals surface area (Å²) >= 11 is 0. The molecule has 3 aliphatic rings. The molecule has 2 saturated heterocycles. The van der Waals surface area contributed by atoms with E-state index in [0.29, 0.717) is 30.3 Å². The highest BCUT2D eigenvalue weighted by molar-refractivity contribution is 6.21. The zero-order chi connectivity index (χ0) is 16.0. The summed E-state index contributed by atoms with van der Waals surface area (Å²) in [6, 6.07) is 4.42. The smallest absolute Gasteiger partial charge is 0.332 e. The average Bonchev–Trinajstić information content (AvgIpc) is 3.11. The Balaban J connectivity index is 1.62. The summed E-state index contributed by atoms with van der Waals surface area (Å²) in [6.07, 6.45) is 1.81. The number of hydrogen-bond acceptors (Lipinski definition) is 5. The van der Waals surface area contributed by atoms with Gasteiger partial charge in [-0.1, -0.05) is 6.08 Å². The van der Waals surface area contributed by atoms with Crippen LogP contribution in [-0.2, 0) is 4.79 Å². The summed E-state index contributed by atoms with van der Waals surface area (Å²) in [4.78, 5) is 30.4. The second-order valence-electron chi connectivity index (χ2n) is 5.75. The molecule has 23 heavy (non-hydrogen) atoms. The molecule has 7 heteroatoms. The van der Waals surface area contributed by atoms with Gasteiger partial charge in [0.25, 0.3) is 5.91 Å². The van der Waals surface area contributed by atoms with E-state index in [9.17, 15) is 9.59 Å². The molecule has 3 aliphatic heterocycles. The van der Waals surface area contributed by atoms with Gasteiger partial charge in [0.05, 0.1) is 5.69 Å². The summed E-state index contributed by atoms with van der Waals surface area (Å²) in [7, 11) is 0. The quantitative estimate of drug-likeness (QED) is 0.616. The van der Waals surface area contributed by atoms with E-state index in [-0.39, 0.29) is 18.7 Å². The third kappa shape index (κ3) is 2.16. The molecule has 4 rings (SSSR count). The Labute approximate surface area is 133 Å². The van der Waals surface area contributed by atoms with Crippen molar-refractivity contribution in [2.24, 2.45) is 0 Å². The number of urea groups is 1. The van der Waals surface area contributed by atoms with Crippen molar-refractivity contribution in [3.05, 3.63) is 30.9 Å². The highest BCUT2D eigenvalue weighted by Crippen LogP contribution is 2.37. The molecule has 3 heterocycles. The summed E-state index contributed by atoms with van der Waals surface area (Å²) < 4.78 is 10.6. The van der Waals surface area contributed by atoms with E-state index in [1.54, 1.807) is 23.1 Å². The van der Waals surface area contributed by atoms with Crippen LogP contribution >= 0.6 is 0 Å². The van der Waals surface area contributed by atoms with Gasteiger partial charge in [-0.2, -0.15) is 0 Å². The molecule has 0 saturated carbocycles. The zero-order valence-corrected chi connectivity index (χ0v) is 12.6. The molecule has 0 bridgehead atoms. The van der Waals surface area contributed by atoms with Crippen LogP contribution in [0.4, 0.5) is 10.5 Å². The lowest BCUT2D eigenvalue weighted by atomic mass is 10.2. The van der Waals surface area contributed by atoms with E-state index in [2.05, 4.69) is 11.5 Å². The standard InChI is InChI=1S/C16H17N3O4/c1-2-5-17-6-7-18-12(9-17)15(20)19(16(18)21)11-3-4-13-14(8-11)23-10-22-13/h2-4,8,12H,1,5-7,9-10H2. The van der Waals surface area contributed by atoms with Gasteiger partial charge in [-0.25, -0.2) is 9.69 Å². The van der Waals surface area contributed by atoms with Gasteiger partial charge < -0.3 is 14.4 Å². The maximum atomic E-state index is 12.7. The second-order valence-corrected chi connectivity index (χ2v) is 5.75. The normalized spacial score (nSPS) is 23.4. The Morgan fingerprint density at radius 3 is 2.87 bits per heavy atom. The predicted octanol–water partition coefficient (Wildman–Crippen LogP) is 1.05. The van der Waals surface area contributed by atoms with Crippen molar-refractivity contribution in [2.45, 2.75) is 6.04 Å². The van der Waals surface area contributed by atoms with Gasteiger partial charge in [0.2, 0.25) is 6.79 Å². The Morgan fingerprint density at radius 1 is 1.22 bits per heavy atom. The highest BCUT2D eigenvalue weighted by Gasteiger charge is 2.48. The molecule has 0 radical (unpaired) electrons. The summed E-state index contributed by atoms with van der Waals surface area (Å²) in [5, 5.41) is 0. The second kappa shape index (κ2) is 5.27. The number of nitrogens with zero attached hydrogens (tertiary/aromatic N) is 3. The number of piperazine rings is 1. The maximum absolute atomic E-state index is 12.7. The third-order valence-electron chi connectivity index (χ3n) is 4.41. The van der Waals surface area contributed by atoms with Crippen molar-refractivity contribution in [2.75, 3.05) is 37.9 Å². The van der Waals surface area contributed by atoms with Crippen LogP contribution in [0.1, 0.15) is 0 Å². The van der Waals surface area contributed by atoms with Crippen LogP contribution in [0, 0.1) is 0 Å². The largest absolute Gasteiger partial charge is 0.454 e. The van der Waals surface area contributed by atoms with E-state index in [1.165, 1.54) is 4.90 Å². The highest BCUT2D eigenvalue weighted by atomic mass is 16.7. The van der Waals surface area contributed by atoms with E-state index >= 15 is 0 Å². The fourth-order valence-electron chi connectivity index (χ4n) is 3.26. The zero-order valence-electron chi connectivity index (χ0n) is 12.6. The van der Waals surface area contributed by atoms with Crippen molar-refractivity contribution in [1.29, 1.82) is 0 Å². The van der Waals surface area contributed by atoms with Crippen LogP contribution in [0.15, 0.2) is 30.9 Å². The number of imide groups is 1. The molecular formula is C16H17N3O4. The Bertz CT molecular complexity index is 690. The summed E-state index contributed by atoms with van der Waals surface area (Å²) in [6.45, 7) is 6.44. The van der Waals surface area contributed by atoms with E-state index in [1.807, 2.05) is 6.08 Å². The van der Waals surface area contributed by atoms with Crippen molar-refractivity contribution in [3.8, 4) is 11.5 Å². The monoisotopic (exact) mass is 315 g/mol. The number of benzene rings is 1. The molecule has 2 fully saturated rings. The van der Waals surface area contributed by atoms with Gasteiger partial charge in [0, 0.05) is 32.2 Å². The van der Waals surface area contributed by atoms with Crippen LogP contribution in [0.5, 0.6) is 11.5 Å². The van der Waals surface area contributed by atoms with Crippen molar-refractivity contribution >= 4 is 17.6 Å². The molecule has 3 amide bonds. The molecule has 1 atom stereocenters. The van der Waals surface area contributed by atoms with E-state index in [4.69, 9.17) is 9.47 Å². The minimum Gasteiger partial charge on any atom is -0.454 e. The van der Waals surface area contributed by atoms with Gasteiger partial charge in [-0.3, -0.25) is 9.69 Å². The first-order valence-corrected chi connectivity index (χ1v) is 7.56. The number of anilines is 1. The molecule has 1 aromatic carbocycles. The number of fused-ring (bicyclic) bond motifs is 2. The lowest BCUT2D eigenvalue weighted by Gasteiger charge is -2.34. The van der Waals surface area contributed by atoms with Gasteiger partial charge in [-0.05, 0) is 12.1 Å². The molecule has 7 nitrogen and oxygen atoms in total. The molecule has 0 aliphatic carbocycles. The van der Waals surface area contributed by atoms with Gasteiger partial charge in [0.15, 0.2) is 11.5 Å². The number of hydrogen-bond donors (Lipinski definition) is 0. The van der Waals surface area contributed by atoms with Gasteiger partial charge in [0.1, 0.15) is 6.04 Å². The molecular weight excluding hydrogens is 298 g/mol. The SMILES string of the molecule is C=CCN1CCN2C(=O)N(c3ccc4c(c3)OCO4)C(=O)C2C1. The number of carbonyl (C=O) groups is 2. The van der Waals surface area contributed by atoms with Gasteiger partial charge in [-0.15, -0.1) is 6.58 Å². The molecule has 0 aromatic heterocycles. The molecule has 1 unspecified atom stereocenters. The number of rotatable bonds is 3. The fraction of sp³-hybridized carbons (Fsp3) is 0.375. The minimum atomic E-state index is -0.429. The number of amides is 3. The number of carbonyl (C=O) groups excluding carboxylic acids is 2. The van der Waals surface area contributed by atoms with Crippen LogP contribution < -0.4 is 14.4 Å². The Kier molecular flexibility index (Phi) is 3.23. The lowest BCUT2D eigenvalue weighted by molar-refractivity contribution is -0.121. The van der Waals surface area contributed by atoms with E-state index in [0.717, 1.165) is 13.1 Å². The first kappa shape index (κ1) is 14.1. The van der Waals surface area contributed by atoms with Crippen molar-refractivity contribution < 1.29 is 19.1 Å². The van der Waals surface area contributed by atoms with Crippen molar-refractivity contribution in [1.82, 2.24) is 9.80 Å². The van der Waals surface area contributed by atoms with Crippen LogP contribution in [0.2, 0.25) is 0 Å². The Hall–Kier alpha value is -2.54. The summed E-state index contributed by atoms with van der Waals surface area (Å²) in [5.41, 5.74) is 0.522. The van der Waals surface area contributed by atoms with E-state index < -0.39 is 6.04 Å². The molecule has 1 aromatic rings. The summed E-state index contributed by atoms with van der Waals surface area (Å²) in [5.74, 6) is 0.992. The third-order valence-corrected chi connectivity index (χ3v) is 4.41. The van der Waals surface area contributed by atoms with Crippen LogP contribution in [0.25, 0.3) is 0 Å². The van der Waals surface area contributed by atoms with Crippen LogP contribution in [-0.4, -0.2) is 60.8 Å². The molecule has 120 valence electrons. The average molecular weight is 315 g/mol. The Morgan fingerprint density at radius 2 is 2.04 bits per heavy atom. The minimum absolute atomic E-state index is 0.159. The maximum Gasteiger partial charge on any atom is 0.332 e. The van der Waals surface area contributed by atoms with Gasteiger partial charge >= 0.3 is 6.03 Å². The van der Waals surface area contributed by atoms with Crippen LogP contribution in [0.3, 0.4) is 0 Å². The first-order chi connectivity index (χ1) is 11.2. The topological polar surface area (TPSA) is 62.3 Å². The molecule has 0 N–H and O–H groups in total. The lowest BCUT2D eigenvalue weighted by Crippen LogP contribution is -2.52. The number of ether oxygens (including phenoxy) is 2. The van der Waals surface area contributed by atoms with Crippen molar-refractivity contribution in [3.63, 3.8) is 0 Å². The predicted molar refractivity (Wildman–Crippen MR) is 82.6 cm³/mol. The first-order valence-electron chi connectivity index (χ1n) is 7.56. The fourth-order valence-corrected chi connectivity index (χ4v) is 3.26.